The van der Waals surface area contributed by atoms with E-state index in [2.05, 4.69) is 4.74 Å². The van der Waals surface area contributed by atoms with E-state index in [9.17, 15) is 26.4 Å². The second kappa shape index (κ2) is 9.44. The average Bonchev–Trinajstić information content (AvgIpc) is 3.09. The third-order valence-electron chi connectivity index (χ3n) is 4.48. The first-order valence-electron chi connectivity index (χ1n) is 9.59. The van der Waals surface area contributed by atoms with Gasteiger partial charge in [-0.1, -0.05) is 12.1 Å². The molecule has 0 fully saturated rings. The van der Waals surface area contributed by atoms with E-state index in [0.29, 0.717) is 16.0 Å². The van der Waals surface area contributed by atoms with Crippen LogP contribution in [0.3, 0.4) is 0 Å². The normalized spacial score (nSPS) is 11.9. The molecule has 2 aromatic carbocycles. The predicted molar refractivity (Wildman–Crippen MR) is 116 cm³/mol. The van der Waals surface area contributed by atoms with E-state index in [-0.39, 0.29) is 39.2 Å². The van der Waals surface area contributed by atoms with Crippen LogP contribution in [-0.2, 0) is 21.1 Å². The van der Waals surface area contributed by atoms with Crippen molar-refractivity contribution in [1.29, 1.82) is 0 Å². The van der Waals surface area contributed by atoms with Crippen molar-refractivity contribution in [2.24, 2.45) is 0 Å². The molecule has 0 amide bonds. The summed E-state index contributed by atoms with van der Waals surface area (Å²) >= 11 is 1.01. The second-order valence-electron chi connectivity index (χ2n) is 6.93. The molecule has 1 N–H and O–H groups in total. The van der Waals surface area contributed by atoms with Crippen molar-refractivity contribution < 1.29 is 41.0 Å². The van der Waals surface area contributed by atoms with Gasteiger partial charge >= 0.3 is 12.3 Å². The third kappa shape index (κ3) is 6.05. The first-order chi connectivity index (χ1) is 15.4. The van der Waals surface area contributed by atoms with E-state index in [1.807, 2.05) is 0 Å². The van der Waals surface area contributed by atoms with Gasteiger partial charge in [0.15, 0.2) is 0 Å². The standard InChI is InChI=1S/C22H19F3O6S2/c1-3-30-17-8-14(10-20(26)27)9-18(11-17)33(28,29)21-12-19(13(2)32-21)15-4-6-16(7-5-15)31-22(23,24)25/h4-9,11-12H,3,10H2,1-2H3,(H,26,27). The predicted octanol–water partition coefficient (Wildman–Crippen LogP) is 5.48. The van der Waals surface area contributed by atoms with Crippen LogP contribution in [-0.4, -0.2) is 32.5 Å². The largest absolute Gasteiger partial charge is 0.573 e. The molecule has 11 heteroatoms. The summed E-state index contributed by atoms with van der Waals surface area (Å²) in [6, 6.07) is 10.7. The zero-order valence-electron chi connectivity index (χ0n) is 17.5. The van der Waals surface area contributed by atoms with Crippen molar-refractivity contribution in [3.8, 4) is 22.6 Å². The number of thiophene rings is 1. The molecule has 0 saturated carbocycles. The highest BCUT2D eigenvalue weighted by Gasteiger charge is 2.31. The van der Waals surface area contributed by atoms with Gasteiger partial charge in [-0.05, 0) is 66.9 Å². The summed E-state index contributed by atoms with van der Waals surface area (Å²) in [5, 5.41) is 9.09. The molecule has 0 aliphatic carbocycles. The summed E-state index contributed by atoms with van der Waals surface area (Å²) in [5.74, 6) is -1.26. The van der Waals surface area contributed by atoms with Crippen LogP contribution in [0.5, 0.6) is 11.5 Å². The van der Waals surface area contributed by atoms with Crippen LogP contribution < -0.4 is 9.47 Å². The summed E-state index contributed by atoms with van der Waals surface area (Å²) in [7, 11) is -4.01. The summed E-state index contributed by atoms with van der Waals surface area (Å²) in [6.45, 7) is 3.69. The number of ether oxygens (including phenoxy) is 2. The van der Waals surface area contributed by atoms with Gasteiger partial charge in [0.1, 0.15) is 15.7 Å². The highest BCUT2D eigenvalue weighted by atomic mass is 32.2. The van der Waals surface area contributed by atoms with Crippen molar-refractivity contribution >= 4 is 27.1 Å². The lowest BCUT2D eigenvalue weighted by atomic mass is 10.1. The molecule has 1 heterocycles. The first kappa shape index (κ1) is 24.6. The van der Waals surface area contributed by atoms with Crippen LogP contribution in [0.25, 0.3) is 11.1 Å². The van der Waals surface area contributed by atoms with Gasteiger partial charge in [-0.25, -0.2) is 8.42 Å². The second-order valence-corrected chi connectivity index (χ2v) is 10.4. The van der Waals surface area contributed by atoms with E-state index < -0.39 is 22.2 Å². The van der Waals surface area contributed by atoms with E-state index in [1.165, 1.54) is 36.4 Å². The average molecular weight is 501 g/mol. The van der Waals surface area contributed by atoms with Gasteiger partial charge in [0.2, 0.25) is 9.84 Å². The lowest BCUT2D eigenvalue weighted by molar-refractivity contribution is -0.274. The Balaban J connectivity index is 1.98. The van der Waals surface area contributed by atoms with Crippen LogP contribution in [0.2, 0.25) is 0 Å². The lowest BCUT2D eigenvalue weighted by Gasteiger charge is -2.09. The quantitative estimate of drug-likeness (QED) is 0.441. The van der Waals surface area contributed by atoms with Crippen LogP contribution in [0, 0.1) is 6.92 Å². The number of hydrogen-bond acceptors (Lipinski definition) is 6. The van der Waals surface area contributed by atoms with Gasteiger partial charge in [-0.3, -0.25) is 4.79 Å². The number of benzene rings is 2. The monoisotopic (exact) mass is 500 g/mol. The molecular weight excluding hydrogens is 481 g/mol. The summed E-state index contributed by atoms with van der Waals surface area (Å²) in [4.78, 5) is 11.7. The van der Waals surface area contributed by atoms with Crippen LogP contribution >= 0.6 is 11.3 Å². The van der Waals surface area contributed by atoms with E-state index in [1.54, 1.807) is 13.8 Å². The molecule has 3 aromatic rings. The molecule has 0 aliphatic heterocycles. The maximum absolute atomic E-state index is 13.3. The van der Waals surface area contributed by atoms with Gasteiger partial charge < -0.3 is 14.6 Å². The molecule has 0 aliphatic rings. The smallest absolute Gasteiger partial charge is 0.494 e. The highest BCUT2D eigenvalue weighted by molar-refractivity contribution is 7.93. The number of carboxylic acids is 1. The minimum Gasteiger partial charge on any atom is -0.494 e. The molecule has 6 nitrogen and oxygen atoms in total. The minimum absolute atomic E-state index is 0.0144. The van der Waals surface area contributed by atoms with Gasteiger partial charge in [0.25, 0.3) is 0 Å². The fourth-order valence-corrected chi connectivity index (χ4v) is 6.09. The molecule has 176 valence electrons. The molecule has 0 atom stereocenters. The fourth-order valence-electron chi connectivity index (χ4n) is 3.14. The molecule has 33 heavy (non-hydrogen) atoms. The van der Waals surface area contributed by atoms with Gasteiger partial charge in [0.05, 0.1) is 17.9 Å². The number of carbonyl (C=O) groups is 1. The van der Waals surface area contributed by atoms with Gasteiger partial charge in [0, 0.05) is 4.88 Å². The van der Waals surface area contributed by atoms with E-state index >= 15 is 0 Å². The fraction of sp³-hybridized carbons (Fsp3) is 0.227. The topological polar surface area (TPSA) is 89.9 Å². The Morgan fingerprint density at radius 1 is 1.06 bits per heavy atom. The Labute approximate surface area is 192 Å². The van der Waals surface area contributed by atoms with Crippen LogP contribution in [0.15, 0.2) is 57.6 Å². The number of sulfone groups is 1. The lowest BCUT2D eigenvalue weighted by Crippen LogP contribution is -2.16. The first-order valence-corrected chi connectivity index (χ1v) is 11.9. The maximum atomic E-state index is 13.3. The number of halogens is 3. The number of rotatable bonds is 8. The maximum Gasteiger partial charge on any atom is 0.573 e. The van der Waals surface area contributed by atoms with Gasteiger partial charge in [-0.15, -0.1) is 24.5 Å². The minimum atomic E-state index is -4.81. The highest BCUT2D eigenvalue weighted by Crippen LogP contribution is 2.38. The number of carboxylic acid groups (broad SMARTS) is 1. The van der Waals surface area contributed by atoms with Crippen LogP contribution in [0.4, 0.5) is 13.2 Å². The number of alkyl halides is 3. The molecule has 0 bridgehead atoms. The van der Waals surface area contributed by atoms with E-state index in [4.69, 9.17) is 9.84 Å². The third-order valence-corrected chi connectivity index (χ3v) is 7.73. The molecular formula is C22H19F3O6S2. The number of hydrogen-bond donors (Lipinski definition) is 1. The zero-order chi connectivity index (χ0) is 24.4. The van der Waals surface area contributed by atoms with Crippen molar-refractivity contribution in [2.75, 3.05) is 6.61 Å². The molecule has 0 saturated heterocycles. The Bertz CT molecular complexity index is 1260. The number of aliphatic carboxylic acids is 1. The molecule has 0 spiro atoms. The van der Waals surface area contributed by atoms with Crippen molar-refractivity contribution in [3.05, 3.63) is 59.0 Å². The summed E-state index contributed by atoms with van der Waals surface area (Å²) < 4.78 is 73.0. The van der Waals surface area contributed by atoms with E-state index in [0.717, 1.165) is 23.5 Å². The Hall–Kier alpha value is -3.05. The molecule has 1 aromatic heterocycles. The Kier molecular flexibility index (Phi) is 7.03. The SMILES string of the molecule is CCOc1cc(CC(=O)O)cc(S(=O)(=O)c2cc(-c3ccc(OC(F)(F)F)cc3)c(C)s2)c1. The van der Waals surface area contributed by atoms with Crippen molar-refractivity contribution in [3.63, 3.8) is 0 Å². The Morgan fingerprint density at radius 3 is 2.30 bits per heavy atom. The molecule has 0 radical (unpaired) electrons. The summed E-state index contributed by atoms with van der Waals surface area (Å²) in [5.41, 5.74) is 1.35. The van der Waals surface area contributed by atoms with Gasteiger partial charge in [-0.2, -0.15) is 0 Å². The molecule has 0 unspecified atom stereocenters. The Morgan fingerprint density at radius 2 is 1.73 bits per heavy atom. The van der Waals surface area contributed by atoms with Crippen molar-refractivity contribution in [1.82, 2.24) is 0 Å². The summed E-state index contributed by atoms with van der Waals surface area (Å²) in [6.07, 6.45) is -5.18. The molecule has 3 rings (SSSR count). The zero-order valence-corrected chi connectivity index (χ0v) is 19.1. The van der Waals surface area contributed by atoms with Crippen LogP contribution in [0.1, 0.15) is 17.4 Å². The van der Waals surface area contributed by atoms with Crippen molar-refractivity contribution in [2.45, 2.75) is 35.7 Å². The number of aryl methyl sites for hydroxylation is 1.